The fourth-order valence-electron chi connectivity index (χ4n) is 1.63. The second-order valence-electron chi connectivity index (χ2n) is 3.90. The minimum Gasteiger partial charge on any atom is -0.469 e. The Morgan fingerprint density at radius 3 is 2.88 bits per heavy atom. The van der Waals surface area contributed by atoms with Crippen LogP contribution in [0, 0.1) is 6.92 Å². The number of carbonyl (C=O) groups is 1. The number of carbonyl (C=O) groups excluding carboxylic acids is 1. The Bertz CT molecular complexity index is 336. The minimum atomic E-state index is -0.138. The van der Waals surface area contributed by atoms with Crippen molar-refractivity contribution in [2.75, 3.05) is 7.11 Å². The summed E-state index contributed by atoms with van der Waals surface area (Å²) in [6.45, 7) is 2.08. The first-order valence-corrected chi connectivity index (χ1v) is 6.39. The van der Waals surface area contributed by atoms with Crippen LogP contribution in [0.25, 0.3) is 0 Å². The summed E-state index contributed by atoms with van der Waals surface area (Å²) in [5.41, 5.74) is 7.35. The highest BCUT2D eigenvalue weighted by Crippen LogP contribution is 2.25. The highest BCUT2D eigenvalue weighted by molar-refractivity contribution is 7.10. The van der Waals surface area contributed by atoms with Gasteiger partial charge in [-0.15, -0.1) is 11.3 Å². The van der Waals surface area contributed by atoms with E-state index in [1.165, 1.54) is 17.6 Å². The normalized spacial score (nSPS) is 12.4. The molecule has 0 aliphatic carbocycles. The molecule has 1 aromatic rings. The van der Waals surface area contributed by atoms with Crippen LogP contribution in [0.4, 0.5) is 0 Å². The molecule has 1 rings (SSSR count). The zero-order valence-electron chi connectivity index (χ0n) is 9.86. The number of thiophene rings is 1. The van der Waals surface area contributed by atoms with Gasteiger partial charge >= 0.3 is 5.97 Å². The van der Waals surface area contributed by atoms with Crippen LogP contribution in [-0.2, 0) is 9.53 Å². The Labute approximate surface area is 101 Å². The highest BCUT2D eigenvalue weighted by Gasteiger charge is 2.10. The number of hydrogen-bond donors (Lipinski definition) is 1. The van der Waals surface area contributed by atoms with Crippen molar-refractivity contribution in [2.24, 2.45) is 5.73 Å². The lowest BCUT2D eigenvalue weighted by Crippen LogP contribution is -2.10. The quantitative estimate of drug-likeness (QED) is 0.615. The van der Waals surface area contributed by atoms with Gasteiger partial charge < -0.3 is 10.5 Å². The molecule has 0 bridgehead atoms. The van der Waals surface area contributed by atoms with Gasteiger partial charge in [0.25, 0.3) is 0 Å². The van der Waals surface area contributed by atoms with Crippen LogP contribution in [0.15, 0.2) is 11.4 Å². The fourth-order valence-corrected chi connectivity index (χ4v) is 2.60. The number of nitrogens with two attached hydrogens (primary N) is 1. The van der Waals surface area contributed by atoms with Crippen molar-refractivity contribution in [3.8, 4) is 0 Å². The van der Waals surface area contributed by atoms with Crippen LogP contribution in [0.2, 0.25) is 0 Å². The second kappa shape index (κ2) is 6.66. The van der Waals surface area contributed by atoms with E-state index in [1.807, 2.05) is 0 Å². The van der Waals surface area contributed by atoms with Gasteiger partial charge in [-0.3, -0.25) is 4.79 Å². The molecule has 2 N–H and O–H groups in total. The lowest BCUT2D eigenvalue weighted by atomic mass is 10.1. The van der Waals surface area contributed by atoms with Crippen molar-refractivity contribution in [3.05, 3.63) is 21.9 Å². The van der Waals surface area contributed by atoms with Gasteiger partial charge in [-0.1, -0.05) is 6.42 Å². The molecule has 3 nitrogen and oxygen atoms in total. The first kappa shape index (κ1) is 13.2. The van der Waals surface area contributed by atoms with Crippen molar-refractivity contribution in [2.45, 2.75) is 38.6 Å². The minimum absolute atomic E-state index is 0.109. The standard InChI is InChI=1S/C12H19NO2S/c1-9-7-8-16-12(9)10(13)5-3-4-6-11(14)15-2/h7-8,10H,3-6,13H2,1-2H3. The molecule has 4 heteroatoms. The molecule has 16 heavy (non-hydrogen) atoms. The number of esters is 1. The topological polar surface area (TPSA) is 52.3 Å². The van der Waals surface area contributed by atoms with Gasteiger partial charge in [0.05, 0.1) is 7.11 Å². The van der Waals surface area contributed by atoms with Crippen LogP contribution < -0.4 is 5.73 Å². The summed E-state index contributed by atoms with van der Waals surface area (Å²) in [6, 6.07) is 2.20. The van der Waals surface area contributed by atoms with Crippen LogP contribution in [0.5, 0.6) is 0 Å². The molecular weight excluding hydrogens is 222 g/mol. The summed E-state index contributed by atoms with van der Waals surface area (Å²) in [6.07, 6.45) is 3.24. The molecule has 0 aliphatic heterocycles. The van der Waals surface area contributed by atoms with Gasteiger partial charge in [0.2, 0.25) is 0 Å². The third kappa shape index (κ3) is 3.94. The molecule has 1 heterocycles. The molecule has 90 valence electrons. The summed E-state index contributed by atoms with van der Waals surface area (Å²) in [7, 11) is 1.42. The molecule has 0 amide bonds. The SMILES string of the molecule is COC(=O)CCCCC(N)c1sccc1C. The first-order chi connectivity index (χ1) is 7.65. The average Bonchev–Trinajstić information content (AvgIpc) is 2.70. The number of ether oxygens (including phenoxy) is 1. The van der Waals surface area contributed by atoms with E-state index in [1.54, 1.807) is 11.3 Å². The lowest BCUT2D eigenvalue weighted by Gasteiger charge is -2.10. The van der Waals surface area contributed by atoms with E-state index in [2.05, 4.69) is 23.1 Å². The molecule has 0 spiro atoms. The van der Waals surface area contributed by atoms with Crippen molar-refractivity contribution < 1.29 is 9.53 Å². The maximum absolute atomic E-state index is 10.9. The number of methoxy groups -OCH3 is 1. The summed E-state index contributed by atoms with van der Waals surface area (Å²) in [4.78, 5) is 12.1. The third-order valence-corrected chi connectivity index (χ3v) is 3.76. The van der Waals surface area contributed by atoms with Gasteiger partial charge in [-0.25, -0.2) is 0 Å². The Hall–Kier alpha value is -0.870. The van der Waals surface area contributed by atoms with Crippen molar-refractivity contribution in [1.29, 1.82) is 0 Å². The largest absolute Gasteiger partial charge is 0.469 e. The summed E-state index contributed by atoms with van der Waals surface area (Å²) in [5, 5.41) is 2.07. The Morgan fingerprint density at radius 1 is 1.56 bits per heavy atom. The predicted octanol–water partition coefficient (Wildman–Crippen LogP) is 2.79. The average molecular weight is 241 g/mol. The van der Waals surface area contributed by atoms with E-state index < -0.39 is 0 Å². The number of aryl methyl sites for hydroxylation is 1. The Balaban J connectivity index is 2.23. The molecule has 0 aliphatic rings. The Morgan fingerprint density at radius 2 is 2.31 bits per heavy atom. The van der Waals surface area contributed by atoms with Crippen molar-refractivity contribution in [3.63, 3.8) is 0 Å². The first-order valence-electron chi connectivity index (χ1n) is 5.51. The van der Waals surface area contributed by atoms with Crippen molar-refractivity contribution in [1.82, 2.24) is 0 Å². The van der Waals surface area contributed by atoms with Crippen LogP contribution >= 0.6 is 11.3 Å². The fraction of sp³-hybridized carbons (Fsp3) is 0.583. The predicted molar refractivity (Wildman–Crippen MR) is 66.5 cm³/mol. The van der Waals surface area contributed by atoms with Gasteiger partial charge in [0.15, 0.2) is 0 Å². The maximum Gasteiger partial charge on any atom is 0.305 e. The second-order valence-corrected chi connectivity index (χ2v) is 4.84. The molecule has 0 aromatic carbocycles. The molecule has 1 unspecified atom stereocenters. The third-order valence-electron chi connectivity index (χ3n) is 2.61. The zero-order valence-corrected chi connectivity index (χ0v) is 10.7. The molecule has 0 saturated heterocycles. The summed E-state index contributed by atoms with van der Waals surface area (Å²) in [5.74, 6) is -0.138. The van der Waals surface area contributed by atoms with E-state index in [9.17, 15) is 4.79 Å². The van der Waals surface area contributed by atoms with Gasteiger partial charge in [-0.2, -0.15) is 0 Å². The van der Waals surface area contributed by atoms with Crippen LogP contribution in [0.1, 0.15) is 42.2 Å². The maximum atomic E-state index is 10.9. The van der Waals surface area contributed by atoms with Gasteiger partial charge in [0.1, 0.15) is 0 Å². The molecular formula is C12H19NO2S. The molecule has 1 aromatic heterocycles. The van der Waals surface area contributed by atoms with Crippen molar-refractivity contribution >= 4 is 17.3 Å². The Kier molecular flexibility index (Phi) is 5.49. The monoisotopic (exact) mass is 241 g/mol. The zero-order chi connectivity index (χ0) is 12.0. The van der Waals surface area contributed by atoms with Gasteiger partial charge in [-0.05, 0) is 36.8 Å². The smallest absolute Gasteiger partial charge is 0.305 e. The molecule has 1 atom stereocenters. The van der Waals surface area contributed by atoms with E-state index in [4.69, 9.17) is 5.73 Å². The lowest BCUT2D eigenvalue weighted by molar-refractivity contribution is -0.140. The highest BCUT2D eigenvalue weighted by atomic mass is 32.1. The number of unbranched alkanes of at least 4 members (excludes halogenated alkanes) is 1. The van der Waals surface area contributed by atoms with Gasteiger partial charge in [0, 0.05) is 17.3 Å². The van der Waals surface area contributed by atoms with Crippen LogP contribution in [-0.4, -0.2) is 13.1 Å². The molecule has 0 fully saturated rings. The summed E-state index contributed by atoms with van der Waals surface area (Å²) >= 11 is 1.71. The number of rotatable bonds is 6. The van der Waals surface area contributed by atoms with E-state index in [0.29, 0.717) is 6.42 Å². The molecule has 0 saturated carbocycles. The van der Waals surface area contributed by atoms with E-state index in [0.717, 1.165) is 19.3 Å². The summed E-state index contributed by atoms with van der Waals surface area (Å²) < 4.78 is 4.58. The van der Waals surface area contributed by atoms with E-state index >= 15 is 0 Å². The number of hydrogen-bond acceptors (Lipinski definition) is 4. The molecule has 0 radical (unpaired) electrons. The van der Waals surface area contributed by atoms with Crippen LogP contribution in [0.3, 0.4) is 0 Å². The van der Waals surface area contributed by atoms with E-state index in [-0.39, 0.29) is 12.0 Å².